The highest BCUT2D eigenvalue weighted by Crippen LogP contribution is 1.84. The van der Waals surface area contributed by atoms with Crippen molar-refractivity contribution in [2.45, 2.75) is 26.8 Å². The summed E-state index contributed by atoms with van der Waals surface area (Å²) in [7, 11) is 0. The highest BCUT2D eigenvalue weighted by molar-refractivity contribution is 5.80. The lowest BCUT2D eigenvalue weighted by molar-refractivity contribution is -0.122. The van der Waals surface area contributed by atoms with Gasteiger partial charge >= 0.3 is 0 Å². The van der Waals surface area contributed by atoms with Crippen LogP contribution in [-0.2, 0) is 4.79 Å². The first-order chi connectivity index (χ1) is 6.11. The number of amides is 1. The van der Waals surface area contributed by atoms with E-state index in [-0.39, 0.29) is 5.91 Å². The van der Waals surface area contributed by atoms with Crippen molar-refractivity contribution in [3.8, 4) is 0 Å². The Morgan fingerprint density at radius 1 is 1.46 bits per heavy atom. The van der Waals surface area contributed by atoms with E-state index in [0.29, 0.717) is 6.54 Å². The van der Waals surface area contributed by atoms with Gasteiger partial charge in [0.25, 0.3) is 0 Å². The summed E-state index contributed by atoms with van der Waals surface area (Å²) in [6.45, 7) is 9.52. The number of likely N-dealkylation sites (N-methyl/N-ethyl adjacent to an activating group) is 1. The average molecular weight is 187 g/mol. The van der Waals surface area contributed by atoms with Crippen molar-refractivity contribution >= 4 is 5.91 Å². The van der Waals surface area contributed by atoms with Crippen molar-refractivity contribution in [3.63, 3.8) is 0 Å². The number of carbonyl (C=O) groups is 1. The molecule has 0 aromatic heterocycles. The van der Waals surface area contributed by atoms with Gasteiger partial charge < -0.3 is 16.0 Å². The maximum absolute atomic E-state index is 11.0. The number of hydrogen-bond donors (Lipinski definition) is 2. The molecule has 0 bridgehead atoms. The molecule has 0 heterocycles. The fourth-order valence-corrected chi connectivity index (χ4v) is 1.04. The molecule has 78 valence electrons. The summed E-state index contributed by atoms with van der Waals surface area (Å²) in [5.41, 5.74) is 5.39. The molecular formula is C9H21N3O. The van der Waals surface area contributed by atoms with E-state index in [4.69, 9.17) is 5.73 Å². The van der Waals surface area contributed by atoms with Crippen LogP contribution in [0, 0.1) is 0 Å². The van der Waals surface area contributed by atoms with Crippen molar-refractivity contribution in [1.29, 1.82) is 0 Å². The normalized spacial score (nSPS) is 13.0. The average Bonchev–Trinajstić information content (AvgIpc) is 2.12. The molecule has 0 aliphatic rings. The maximum Gasteiger partial charge on any atom is 0.236 e. The summed E-state index contributed by atoms with van der Waals surface area (Å²) in [4.78, 5) is 13.3. The van der Waals surface area contributed by atoms with Gasteiger partial charge in [-0.15, -0.1) is 0 Å². The topological polar surface area (TPSA) is 58.4 Å². The molecule has 4 heteroatoms. The quantitative estimate of drug-likeness (QED) is 0.605. The highest BCUT2D eigenvalue weighted by Gasteiger charge is 2.06. The van der Waals surface area contributed by atoms with E-state index >= 15 is 0 Å². The van der Waals surface area contributed by atoms with E-state index in [1.807, 2.05) is 0 Å². The minimum Gasteiger partial charge on any atom is -0.353 e. The molecular weight excluding hydrogens is 166 g/mol. The van der Waals surface area contributed by atoms with Gasteiger partial charge in [0.2, 0.25) is 5.91 Å². The van der Waals surface area contributed by atoms with Crippen LogP contribution in [0.3, 0.4) is 0 Å². The van der Waals surface area contributed by atoms with Gasteiger partial charge in [0.05, 0.1) is 6.04 Å². The Hall–Kier alpha value is -0.610. The van der Waals surface area contributed by atoms with Crippen LogP contribution in [0.25, 0.3) is 0 Å². The first-order valence-corrected chi connectivity index (χ1v) is 4.87. The monoisotopic (exact) mass is 187 g/mol. The molecule has 0 saturated carbocycles. The van der Waals surface area contributed by atoms with Crippen molar-refractivity contribution in [2.24, 2.45) is 5.73 Å². The summed E-state index contributed by atoms with van der Waals surface area (Å²) in [6.07, 6.45) is 0. The molecule has 3 N–H and O–H groups in total. The molecule has 0 aliphatic heterocycles. The number of rotatable bonds is 6. The molecule has 0 unspecified atom stereocenters. The van der Waals surface area contributed by atoms with E-state index in [1.165, 1.54) is 0 Å². The van der Waals surface area contributed by atoms with Crippen LogP contribution < -0.4 is 11.1 Å². The number of nitrogens with one attached hydrogen (secondary N) is 1. The van der Waals surface area contributed by atoms with E-state index < -0.39 is 6.04 Å². The summed E-state index contributed by atoms with van der Waals surface area (Å²) >= 11 is 0. The summed E-state index contributed by atoms with van der Waals surface area (Å²) in [5.74, 6) is -0.0767. The standard InChI is InChI=1S/C9H21N3O/c1-4-12(5-2)7-6-11-9(13)8(3)10/h8H,4-7,10H2,1-3H3,(H,11,13)/t8-/m1/s1. The van der Waals surface area contributed by atoms with Gasteiger partial charge in [0, 0.05) is 13.1 Å². The lowest BCUT2D eigenvalue weighted by Crippen LogP contribution is -2.42. The lowest BCUT2D eigenvalue weighted by Gasteiger charge is -2.18. The first kappa shape index (κ1) is 12.4. The van der Waals surface area contributed by atoms with E-state index in [1.54, 1.807) is 6.92 Å². The van der Waals surface area contributed by atoms with Crippen molar-refractivity contribution in [3.05, 3.63) is 0 Å². The number of carbonyl (C=O) groups excluding carboxylic acids is 1. The Kier molecular flexibility index (Phi) is 6.54. The fourth-order valence-electron chi connectivity index (χ4n) is 1.04. The Labute approximate surface area is 80.5 Å². The smallest absolute Gasteiger partial charge is 0.236 e. The number of nitrogens with two attached hydrogens (primary N) is 1. The Bertz CT molecular complexity index is 144. The van der Waals surface area contributed by atoms with Crippen LogP contribution in [0.5, 0.6) is 0 Å². The third-order valence-corrected chi connectivity index (χ3v) is 2.04. The van der Waals surface area contributed by atoms with E-state index in [0.717, 1.165) is 19.6 Å². The fraction of sp³-hybridized carbons (Fsp3) is 0.889. The largest absolute Gasteiger partial charge is 0.353 e. The van der Waals surface area contributed by atoms with Crippen LogP contribution >= 0.6 is 0 Å². The zero-order valence-corrected chi connectivity index (χ0v) is 8.84. The van der Waals surface area contributed by atoms with Crippen LogP contribution in [0.4, 0.5) is 0 Å². The van der Waals surface area contributed by atoms with Crippen molar-refractivity contribution in [1.82, 2.24) is 10.2 Å². The van der Waals surface area contributed by atoms with E-state index in [2.05, 4.69) is 24.1 Å². The summed E-state index contributed by atoms with van der Waals surface area (Å²) in [6, 6.07) is -0.406. The second-order valence-electron chi connectivity index (χ2n) is 3.11. The minimum atomic E-state index is -0.406. The van der Waals surface area contributed by atoms with Crippen LogP contribution in [-0.4, -0.2) is 43.0 Å². The van der Waals surface area contributed by atoms with Crippen molar-refractivity contribution in [2.75, 3.05) is 26.2 Å². The molecule has 0 aromatic rings. The third-order valence-electron chi connectivity index (χ3n) is 2.04. The Balaban J connectivity index is 3.49. The highest BCUT2D eigenvalue weighted by atomic mass is 16.2. The Morgan fingerprint density at radius 3 is 2.38 bits per heavy atom. The molecule has 0 spiro atoms. The number of hydrogen-bond acceptors (Lipinski definition) is 3. The molecule has 4 nitrogen and oxygen atoms in total. The molecule has 1 amide bonds. The second kappa shape index (κ2) is 6.86. The molecule has 0 fully saturated rings. The molecule has 0 saturated heterocycles. The molecule has 0 aromatic carbocycles. The SMILES string of the molecule is CCN(CC)CCNC(=O)[C@@H](C)N. The molecule has 0 aliphatic carbocycles. The molecule has 1 atom stereocenters. The summed E-state index contributed by atoms with van der Waals surface area (Å²) < 4.78 is 0. The lowest BCUT2D eigenvalue weighted by atomic mass is 10.3. The predicted molar refractivity (Wildman–Crippen MR) is 54.4 cm³/mol. The number of nitrogens with zero attached hydrogens (tertiary/aromatic N) is 1. The van der Waals surface area contributed by atoms with E-state index in [9.17, 15) is 4.79 Å². The first-order valence-electron chi connectivity index (χ1n) is 4.87. The Morgan fingerprint density at radius 2 is 2.00 bits per heavy atom. The molecule has 0 rings (SSSR count). The molecule has 0 radical (unpaired) electrons. The zero-order valence-electron chi connectivity index (χ0n) is 8.84. The van der Waals surface area contributed by atoms with Gasteiger partial charge in [-0.3, -0.25) is 4.79 Å². The van der Waals surface area contributed by atoms with Gasteiger partial charge in [-0.2, -0.15) is 0 Å². The van der Waals surface area contributed by atoms with Gasteiger partial charge in [0.15, 0.2) is 0 Å². The van der Waals surface area contributed by atoms with Crippen LogP contribution in [0.1, 0.15) is 20.8 Å². The van der Waals surface area contributed by atoms with Crippen molar-refractivity contribution < 1.29 is 4.79 Å². The summed E-state index contributed by atoms with van der Waals surface area (Å²) in [5, 5.41) is 2.78. The van der Waals surface area contributed by atoms with Gasteiger partial charge in [-0.25, -0.2) is 0 Å². The van der Waals surface area contributed by atoms with Gasteiger partial charge in [-0.1, -0.05) is 13.8 Å². The molecule has 13 heavy (non-hydrogen) atoms. The van der Waals surface area contributed by atoms with Gasteiger partial charge in [-0.05, 0) is 20.0 Å². The maximum atomic E-state index is 11.0. The predicted octanol–water partition coefficient (Wildman–Crippen LogP) is -0.208. The third kappa shape index (κ3) is 5.60. The minimum absolute atomic E-state index is 0.0767. The zero-order chi connectivity index (χ0) is 10.3. The van der Waals surface area contributed by atoms with Gasteiger partial charge in [0.1, 0.15) is 0 Å². The van der Waals surface area contributed by atoms with Crippen LogP contribution in [0.15, 0.2) is 0 Å². The second-order valence-corrected chi connectivity index (χ2v) is 3.11. The van der Waals surface area contributed by atoms with Crippen LogP contribution in [0.2, 0.25) is 0 Å².